The summed E-state index contributed by atoms with van der Waals surface area (Å²) < 4.78 is 0. The summed E-state index contributed by atoms with van der Waals surface area (Å²) in [7, 11) is 0. The molecule has 0 aliphatic carbocycles. The number of allylic oxidation sites excluding steroid dienone is 1. The van der Waals surface area contributed by atoms with Crippen LogP contribution in [0.1, 0.15) is 49.4 Å². The van der Waals surface area contributed by atoms with Crippen LogP contribution in [-0.4, -0.2) is 10.9 Å². The SMILES string of the molecule is CCCC(=O)C1=C(C)NC(=S)NC1c1ccc(C)cc1C. The Bertz CT molecular complexity index is 619. The molecular formula is C17H22N2OS. The minimum absolute atomic E-state index is 0.154. The van der Waals surface area contributed by atoms with Gasteiger partial charge in [0.1, 0.15) is 0 Å². The fourth-order valence-electron chi connectivity index (χ4n) is 2.81. The monoisotopic (exact) mass is 302 g/mol. The molecule has 3 nitrogen and oxygen atoms in total. The molecule has 0 aromatic heterocycles. The molecule has 21 heavy (non-hydrogen) atoms. The first-order valence-corrected chi connectivity index (χ1v) is 7.73. The number of aryl methyl sites for hydroxylation is 2. The molecule has 2 N–H and O–H groups in total. The number of carbonyl (C=O) groups excluding carboxylic acids is 1. The minimum atomic E-state index is -0.154. The van der Waals surface area contributed by atoms with Crippen LogP contribution < -0.4 is 10.6 Å². The van der Waals surface area contributed by atoms with Gasteiger partial charge in [-0.15, -0.1) is 0 Å². The van der Waals surface area contributed by atoms with E-state index in [1.807, 2.05) is 13.8 Å². The summed E-state index contributed by atoms with van der Waals surface area (Å²) in [6, 6.07) is 6.15. The lowest BCUT2D eigenvalue weighted by Gasteiger charge is -2.31. The number of thiocarbonyl (C=S) groups is 1. The second-order valence-electron chi connectivity index (χ2n) is 5.60. The van der Waals surface area contributed by atoms with Gasteiger partial charge in [-0.05, 0) is 50.5 Å². The Kier molecular flexibility index (Phi) is 4.78. The molecule has 0 amide bonds. The van der Waals surface area contributed by atoms with Gasteiger partial charge in [-0.3, -0.25) is 4.79 Å². The zero-order chi connectivity index (χ0) is 15.6. The van der Waals surface area contributed by atoms with E-state index in [0.29, 0.717) is 11.5 Å². The van der Waals surface area contributed by atoms with Crippen LogP contribution in [-0.2, 0) is 4.79 Å². The van der Waals surface area contributed by atoms with E-state index in [2.05, 4.69) is 42.7 Å². The average Bonchev–Trinajstić information content (AvgIpc) is 2.37. The average molecular weight is 302 g/mol. The van der Waals surface area contributed by atoms with Crippen molar-refractivity contribution < 1.29 is 4.79 Å². The zero-order valence-corrected chi connectivity index (χ0v) is 13.9. The van der Waals surface area contributed by atoms with Gasteiger partial charge in [0.15, 0.2) is 10.9 Å². The Morgan fingerprint density at radius 2 is 2.00 bits per heavy atom. The van der Waals surface area contributed by atoms with Crippen molar-refractivity contribution in [2.24, 2.45) is 0 Å². The van der Waals surface area contributed by atoms with Crippen molar-refractivity contribution in [2.75, 3.05) is 0 Å². The summed E-state index contributed by atoms with van der Waals surface area (Å²) in [4.78, 5) is 12.5. The van der Waals surface area contributed by atoms with Crippen molar-refractivity contribution in [3.8, 4) is 0 Å². The fourth-order valence-corrected chi connectivity index (χ4v) is 3.08. The van der Waals surface area contributed by atoms with Crippen LogP contribution in [0.25, 0.3) is 0 Å². The van der Waals surface area contributed by atoms with Gasteiger partial charge in [-0.2, -0.15) is 0 Å². The van der Waals surface area contributed by atoms with Crippen molar-refractivity contribution >= 4 is 23.1 Å². The third-order valence-corrected chi connectivity index (χ3v) is 4.00. The Labute approximate surface area is 131 Å². The predicted molar refractivity (Wildman–Crippen MR) is 90.1 cm³/mol. The summed E-state index contributed by atoms with van der Waals surface area (Å²) in [5, 5.41) is 6.91. The molecule has 1 aromatic rings. The van der Waals surface area contributed by atoms with E-state index in [4.69, 9.17) is 12.2 Å². The molecule has 0 saturated carbocycles. The first kappa shape index (κ1) is 15.7. The Balaban J connectivity index is 2.49. The topological polar surface area (TPSA) is 41.1 Å². The van der Waals surface area contributed by atoms with Gasteiger partial charge >= 0.3 is 0 Å². The van der Waals surface area contributed by atoms with Gasteiger partial charge in [-0.1, -0.05) is 30.7 Å². The van der Waals surface area contributed by atoms with Crippen LogP contribution in [0.5, 0.6) is 0 Å². The number of nitrogens with one attached hydrogen (secondary N) is 2. The third-order valence-electron chi connectivity index (χ3n) is 3.78. The van der Waals surface area contributed by atoms with Crippen LogP contribution in [0.2, 0.25) is 0 Å². The largest absolute Gasteiger partial charge is 0.351 e. The van der Waals surface area contributed by atoms with Gasteiger partial charge < -0.3 is 10.6 Å². The number of Topliss-reactive ketones (excluding diaryl/α,β-unsaturated/α-hetero) is 1. The van der Waals surface area contributed by atoms with E-state index in [9.17, 15) is 4.79 Å². The number of benzene rings is 1. The fraction of sp³-hybridized carbons (Fsp3) is 0.412. The molecule has 0 bridgehead atoms. The third kappa shape index (κ3) is 3.32. The molecule has 0 saturated heterocycles. The highest BCUT2D eigenvalue weighted by Crippen LogP contribution is 2.30. The van der Waals surface area contributed by atoms with Crippen LogP contribution >= 0.6 is 12.2 Å². The van der Waals surface area contributed by atoms with E-state index >= 15 is 0 Å². The quantitative estimate of drug-likeness (QED) is 0.836. The van der Waals surface area contributed by atoms with Crippen LogP contribution in [0, 0.1) is 13.8 Å². The number of rotatable bonds is 4. The molecule has 0 fully saturated rings. The number of hydrogen-bond donors (Lipinski definition) is 2. The van der Waals surface area contributed by atoms with E-state index in [-0.39, 0.29) is 11.8 Å². The summed E-state index contributed by atoms with van der Waals surface area (Å²) in [6.45, 7) is 8.09. The maximum Gasteiger partial charge on any atom is 0.171 e. The van der Waals surface area contributed by atoms with E-state index in [1.54, 1.807) is 0 Å². The number of hydrogen-bond acceptors (Lipinski definition) is 2. The van der Waals surface area contributed by atoms with Gasteiger partial charge in [0, 0.05) is 17.7 Å². The summed E-state index contributed by atoms with van der Waals surface area (Å²) in [6.07, 6.45) is 1.41. The molecular weight excluding hydrogens is 280 g/mol. The normalized spacial score (nSPS) is 18.3. The second-order valence-corrected chi connectivity index (χ2v) is 6.01. The summed E-state index contributed by atoms with van der Waals surface area (Å²) in [5.74, 6) is 0.183. The van der Waals surface area contributed by atoms with E-state index in [0.717, 1.165) is 23.3 Å². The lowest BCUT2D eigenvalue weighted by Crippen LogP contribution is -2.45. The molecule has 1 aliphatic heterocycles. The van der Waals surface area contributed by atoms with Crippen molar-refractivity contribution in [3.05, 3.63) is 46.2 Å². The highest BCUT2D eigenvalue weighted by molar-refractivity contribution is 7.80. The molecule has 1 atom stereocenters. The van der Waals surface area contributed by atoms with Gasteiger partial charge in [0.2, 0.25) is 0 Å². The smallest absolute Gasteiger partial charge is 0.171 e. The van der Waals surface area contributed by atoms with Crippen LogP contribution in [0.3, 0.4) is 0 Å². The standard InChI is InChI=1S/C17H22N2OS/c1-5-6-14(20)15-12(4)18-17(21)19-16(15)13-8-7-10(2)9-11(13)3/h7-9,16H,5-6H2,1-4H3,(H2,18,19,21). The Morgan fingerprint density at radius 3 is 2.62 bits per heavy atom. The lowest BCUT2D eigenvalue weighted by atomic mass is 9.88. The highest BCUT2D eigenvalue weighted by Gasteiger charge is 2.29. The molecule has 4 heteroatoms. The lowest BCUT2D eigenvalue weighted by molar-refractivity contribution is -0.116. The van der Waals surface area contributed by atoms with E-state index in [1.165, 1.54) is 11.1 Å². The molecule has 1 heterocycles. The minimum Gasteiger partial charge on any atom is -0.351 e. The van der Waals surface area contributed by atoms with Crippen molar-refractivity contribution in [3.63, 3.8) is 0 Å². The Morgan fingerprint density at radius 1 is 1.29 bits per heavy atom. The van der Waals surface area contributed by atoms with Crippen molar-refractivity contribution in [1.82, 2.24) is 10.6 Å². The van der Waals surface area contributed by atoms with Crippen molar-refractivity contribution in [2.45, 2.75) is 46.6 Å². The maximum absolute atomic E-state index is 12.5. The molecule has 0 radical (unpaired) electrons. The van der Waals surface area contributed by atoms with Crippen LogP contribution in [0.4, 0.5) is 0 Å². The molecule has 1 unspecified atom stereocenters. The summed E-state index contributed by atoms with van der Waals surface area (Å²) >= 11 is 5.27. The van der Waals surface area contributed by atoms with Gasteiger partial charge in [0.05, 0.1) is 6.04 Å². The molecule has 1 aliphatic rings. The molecule has 2 rings (SSSR count). The first-order chi connectivity index (χ1) is 9.93. The maximum atomic E-state index is 12.5. The Hall–Kier alpha value is -1.68. The number of ketones is 1. The molecule has 0 spiro atoms. The predicted octanol–water partition coefficient (Wildman–Crippen LogP) is 3.47. The van der Waals surface area contributed by atoms with Crippen LogP contribution in [0.15, 0.2) is 29.5 Å². The second kappa shape index (κ2) is 6.39. The first-order valence-electron chi connectivity index (χ1n) is 7.32. The molecule has 1 aromatic carbocycles. The van der Waals surface area contributed by atoms with Crippen molar-refractivity contribution in [1.29, 1.82) is 0 Å². The number of carbonyl (C=O) groups is 1. The summed E-state index contributed by atoms with van der Waals surface area (Å²) in [5.41, 5.74) is 5.17. The van der Waals surface area contributed by atoms with Gasteiger partial charge in [0.25, 0.3) is 0 Å². The van der Waals surface area contributed by atoms with Gasteiger partial charge in [-0.25, -0.2) is 0 Å². The molecule has 112 valence electrons. The zero-order valence-electron chi connectivity index (χ0n) is 13.0. The van der Waals surface area contributed by atoms with E-state index < -0.39 is 0 Å². The highest BCUT2D eigenvalue weighted by atomic mass is 32.1.